The van der Waals surface area contributed by atoms with Crippen LogP contribution in [0, 0.1) is 5.92 Å². The minimum atomic E-state index is -0.355. The zero-order chi connectivity index (χ0) is 19.5. The molecule has 0 bridgehead atoms. The van der Waals surface area contributed by atoms with Gasteiger partial charge in [0.2, 0.25) is 5.91 Å². The quantitative estimate of drug-likeness (QED) is 0.599. The SMILES string of the molecule is C[C@H]1C[C@@H]1c1ccc(/C=C/C(=O)Nc2cccc(NC(=O)c3ccco3)c2)o1. The van der Waals surface area contributed by atoms with E-state index in [9.17, 15) is 9.59 Å². The normalized spacial score (nSPS) is 18.2. The summed E-state index contributed by atoms with van der Waals surface area (Å²) < 4.78 is 10.8. The van der Waals surface area contributed by atoms with E-state index in [1.807, 2.05) is 12.1 Å². The van der Waals surface area contributed by atoms with Gasteiger partial charge in [-0.05, 0) is 60.9 Å². The summed E-state index contributed by atoms with van der Waals surface area (Å²) in [6.45, 7) is 2.20. The van der Waals surface area contributed by atoms with Crippen molar-refractivity contribution in [1.82, 2.24) is 0 Å². The van der Waals surface area contributed by atoms with Gasteiger partial charge < -0.3 is 19.5 Å². The van der Waals surface area contributed by atoms with Crippen LogP contribution < -0.4 is 10.6 Å². The Bertz CT molecular complexity index is 1020. The maximum atomic E-state index is 12.2. The standard InChI is InChI=1S/C22H20N2O4/c1-14-12-18(14)19-9-7-17(28-19)8-10-21(25)23-15-4-2-5-16(13-15)24-22(26)20-6-3-11-27-20/h2-11,13-14,18H,12H2,1H3,(H,23,25)(H,24,26)/b10-8+/t14-,18-/m0/s1. The highest BCUT2D eigenvalue weighted by Gasteiger charge is 2.36. The average Bonchev–Trinajstić information content (AvgIpc) is 3.10. The first-order chi connectivity index (χ1) is 13.6. The van der Waals surface area contributed by atoms with Gasteiger partial charge in [-0.1, -0.05) is 13.0 Å². The zero-order valence-corrected chi connectivity index (χ0v) is 15.3. The fourth-order valence-electron chi connectivity index (χ4n) is 2.99. The van der Waals surface area contributed by atoms with Gasteiger partial charge in [0.1, 0.15) is 11.5 Å². The maximum absolute atomic E-state index is 12.2. The first-order valence-corrected chi connectivity index (χ1v) is 9.12. The van der Waals surface area contributed by atoms with E-state index in [1.165, 1.54) is 12.3 Å². The number of rotatable bonds is 6. The summed E-state index contributed by atoms with van der Waals surface area (Å²) in [5.74, 6) is 2.40. The lowest BCUT2D eigenvalue weighted by molar-refractivity contribution is -0.111. The number of amides is 2. The van der Waals surface area contributed by atoms with Crippen molar-refractivity contribution in [2.45, 2.75) is 19.3 Å². The molecule has 0 saturated heterocycles. The number of carbonyl (C=O) groups is 2. The van der Waals surface area contributed by atoms with Crippen molar-refractivity contribution in [3.63, 3.8) is 0 Å². The molecule has 4 rings (SSSR count). The van der Waals surface area contributed by atoms with Gasteiger partial charge in [-0.15, -0.1) is 0 Å². The first-order valence-electron chi connectivity index (χ1n) is 9.12. The third-order valence-corrected chi connectivity index (χ3v) is 4.65. The Hall–Kier alpha value is -3.54. The van der Waals surface area contributed by atoms with Crippen LogP contribution in [0.2, 0.25) is 0 Å². The van der Waals surface area contributed by atoms with Crippen LogP contribution in [0.25, 0.3) is 6.08 Å². The molecule has 1 aliphatic rings. The van der Waals surface area contributed by atoms with E-state index in [1.54, 1.807) is 42.5 Å². The van der Waals surface area contributed by atoms with Crippen LogP contribution in [-0.4, -0.2) is 11.8 Å². The molecule has 0 unspecified atom stereocenters. The van der Waals surface area contributed by atoms with E-state index in [4.69, 9.17) is 8.83 Å². The zero-order valence-electron chi connectivity index (χ0n) is 15.3. The van der Waals surface area contributed by atoms with E-state index in [0.717, 1.165) is 12.2 Å². The minimum Gasteiger partial charge on any atom is -0.461 e. The van der Waals surface area contributed by atoms with Crippen LogP contribution in [0.15, 0.2) is 69.7 Å². The Morgan fingerprint density at radius 3 is 2.57 bits per heavy atom. The fraction of sp³-hybridized carbons (Fsp3) is 0.182. The Morgan fingerprint density at radius 2 is 1.86 bits per heavy atom. The largest absolute Gasteiger partial charge is 0.461 e. The molecule has 1 fully saturated rings. The molecule has 2 atom stereocenters. The summed E-state index contributed by atoms with van der Waals surface area (Å²) >= 11 is 0. The van der Waals surface area contributed by atoms with E-state index in [0.29, 0.717) is 29.0 Å². The number of hydrogen-bond acceptors (Lipinski definition) is 4. The molecule has 0 radical (unpaired) electrons. The highest BCUT2D eigenvalue weighted by atomic mass is 16.3. The maximum Gasteiger partial charge on any atom is 0.291 e. The molecule has 6 nitrogen and oxygen atoms in total. The second-order valence-electron chi connectivity index (χ2n) is 6.89. The van der Waals surface area contributed by atoms with E-state index < -0.39 is 0 Å². The number of anilines is 2. The van der Waals surface area contributed by atoms with E-state index >= 15 is 0 Å². The van der Waals surface area contributed by atoms with Crippen LogP contribution in [0.4, 0.5) is 11.4 Å². The van der Waals surface area contributed by atoms with E-state index in [2.05, 4.69) is 17.6 Å². The molecular weight excluding hydrogens is 356 g/mol. The minimum absolute atomic E-state index is 0.218. The number of carbonyl (C=O) groups excluding carboxylic acids is 2. The fourth-order valence-corrected chi connectivity index (χ4v) is 2.99. The second-order valence-corrected chi connectivity index (χ2v) is 6.89. The van der Waals surface area contributed by atoms with Crippen molar-refractivity contribution in [1.29, 1.82) is 0 Å². The Balaban J connectivity index is 1.35. The molecular formula is C22H20N2O4. The molecule has 2 N–H and O–H groups in total. The van der Waals surface area contributed by atoms with Gasteiger partial charge in [0.05, 0.1) is 6.26 Å². The first kappa shape index (κ1) is 17.9. The predicted octanol–water partition coefficient (Wildman–Crippen LogP) is 4.90. The highest BCUT2D eigenvalue weighted by Crippen LogP contribution is 2.47. The Kier molecular flexibility index (Phi) is 4.85. The second kappa shape index (κ2) is 7.60. The average molecular weight is 376 g/mol. The van der Waals surface area contributed by atoms with Gasteiger partial charge in [-0.25, -0.2) is 0 Å². The molecule has 1 aliphatic carbocycles. The lowest BCUT2D eigenvalue weighted by atomic mass is 10.2. The number of hydrogen-bond donors (Lipinski definition) is 2. The van der Waals surface area contributed by atoms with Crippen LogP contribution in [0.1, 0.15) is 41.3 Å². The van der Waals surface area contributed by atoms with E-state index in [-0.39, 0.29) is 17.6 Å². The molecule has 28 heavy (non-hydrogen) atoms. The molecule has 6 heteroatoms. The lowest BCUT2D eigenvalue weighted by Gasteiger charge is -2.06. The summed E-state index contributed by atoms with van der Waals surface area (Å²) in [6.07, 6.45) is 5.66. The lowest BCUT2D eigenvalue weighted by Crippen LogP contribution is -2.12. The Morgan fingerprint density at radius 1 is 1.07 bits per heavy atom. The van der Waals surface area contributed by atoms with Crippen molar-refractivity contribution in [2.75, 3.05) is 10.6 Å². The van der Waals surface area contributed by atoms with Crippen LogP contribution in [-0.2, 0) is 4.79 Å². The summed E-state index contributed by atoms with van der Waals surface area (Å²) in [4.78, 5) is 24.2. The number of furan rings is 2. The molecule has 142 valence electrons. The predicted molar refractivity (Wildman–Crippen MR) is 106 cm³/mol. The molecule has 3 aromatic rings. The van der Waals surface area contributed by atoms with Crippen molar-refractivity contribution >= 4 is 29.3 Å². The molecule has 2 heterocycles. The monoisotopic (exact) mass is 376 g/mol. The smallest absolute Gasteiger partial charge is 0.291 e. The summed E-state index contributed by atoms with van der Waals surface area (Å²) in [6, 6.07) is 14.0. The Labute approximate surface area is 162 Å². The molecule has 0 spiro atoms. The topological polar surface area (TPSA) is 84.5 Å². The van der Waals surface area contributed by atoms with Crippen molar-refractivity contribution in [2.24, 2.45) is 5.92 Å². The molecule has 1 saturated carbocycles. The molecule has 1 aromatic carbocycles. The highest BCUT2D eigenvalue weighted by molar-refractivity contribution is 6.04. The molecule has 2 amide bonds. The van der Waals surface area contributed by atoms with Crippen molar-refractivity contribution in [3.8, 4) is 0 Å². The van der Waals surface area contributed by atoms with Gasteiger partial charge in [0.25, 0.3) is 5.91 Å². The van der Waals surface area contributed by atoms with Crippen LogP contribution in [0.3, 0.4) is 0 Å². The number of nitrogens with one attached hydrogen (secondary N) is 2. The summed E-state index contributed by atoms with van der Waals surface area (Å²) in [7, 11) is 0. The third kappa shape index (κ3) is 4.23. The van der Waals surface area contributed by atoms with Gasteiger partial charge in [-0.3, -0.25) is 9.59 Å². The molecule has 2 aromatic heterocycles. The van der Waals surface area contributed by atoms with Crippen molar-refractivity contribution in [3.05, 3.63) is 78.2 Å². The van der Waals surface area contributed by atoms with Crippen LogP contribution in [0.5, 0.6) is 0 Å². The van der Waals surface area contributed by atoms with Gasteiger partial charge in [-0.2, -0.15) is 0 Å². The summed E-state index contributed by atoms with van der Waals surface area (Å²) in [5, 5.41) is 5.49. The van der Waals surface area contributed by atoms with Gasteiger partial charge in [0.15, 0.2) is 5.76 Å². The van der Waals surface area contributed by atoms with Gasteiger partial charge in [0, 0.05) is 23.4 Å². The van der Waals surface area contributed by atoms with Crippen LogP contribution >= 0.6 is 0 Å². The van der Waals surface area contributed by atoms with Gasteiger partial charge >= 0.3 is 0 Å². The third-order valence-electron chi connectivity index (χ3n) is 4.65. The number of benzene rings is 1. The molecule has 0 aliphatic heterocycles. The van der Waals surface area contributed by atoms with Crippen molar-refractivity contribution < 1.29 is 18.4 Å². The summed E-state index contributed by atoms with van der Waals surface area (Å²) in [5.41, 5.74) is 1.12.